The van der Waals surface area contributed by atoms with E-state index in [-0.39, 0.29) is 16.9 Å². The van der Waals surface area contributed by atoms with Crippen molar-refractivity contribution in [2.75, 3.05) is 26.2 Å². The molecule has 6 atom stereocenters. The molecule has 6 heteroatoms. The van der Waals surface area contributed by atoms with Crippen LogP contribution in [0.15, 0.2) is 11.6 Å². The summed E-state index contributed by atoms with van der Waals surface area (Å²) in [6.07, 6.45) is 10.9. The quantitative estimate of drug-likeness (QED) is 0.492. The zero-order chi connectivity index (χ0) is 20.0. The molecule has 160 valence electrons. The monoisotopic (exact) mass is 418 g/mol. The second kappa shape index (κ2) is 6.28. The molecular weight excluding hydrogens is 383 g/mol. The Balaban J connectivity index is 1.26. The van der Waals surface area contributed by atoms with Crippen LogP contribution in [-0.2, 0) is 13.9 Å². The van der Waals surface area contributed by atoms with E-state index < -0.39 is 7.67 Å². The Morgan fingerprint density at radius 2 is 1.69 bits per heavy atom. The fraction of sp³-hybridized carbons (Fsp3) is 0.870. The summed E-state index contributed by atoms with van der Waals surface area (Å²) in [5.41, 5.74) is 1.83. The van der Waals surface area contributed by atoms with E-state index in [1.165, 1.54) is 31.3 Å². The Bertz CT molecular complexity index is 803. The van der Waals surface area contributed by atoms with Crippen molar-refractivity contribution >= 4 is 13.5 Å². The summed E-state index contributed by atoms with van der Waals surface area (Å²) in [6, 6.07) is 0. The molecule has 6 rings (SSSR count). The second-order valence-electron chi connectivity index (χ2n) is 11.1. The van der Waals surface area contributed by atoms with Gasteiger partial charge in [-0.05, 0) is 79.6 Å². The summed E-state index contributed by atoms with van der Waals surface area (Å²) < 4.78 is 24.4. The minimum atomic E-state index is -2.76. The summed E-state index contributed by atoms with van der Waals surface area (Å²) in [7, 11) is -2.76. The molecule has 0 aromatic heterocycles. The normalized spacial score (nSPS) is 47.2. The predicted octanol–water partition coefficient (Wildman–Crippen LogP) is 4.64. The van der Waals surface area contributed by atoms with E-state index in [4.69, 9.17) is 4.52 Å². The number of nitrogens with zero attached hydrogens (tertiary/aromatic N) is 2. The fourth-order valence-corrected chi connectivity index (χ4v) is 10.2. The molecule has 0 aromatic carbocycles. The van der Waals surface area contributed by atoms with E-state index in [1.54, 1.807) is 0 Å². The molecule has 6 aliphatic rings. The van der Waals surface area contributed by atoms with E-state index >= 15 is 0 Å². The van der Waals surface area contributed by atoms with Gasteiger partial charge in [0.15, 0.2) is 5.78 Å². The highest BCUT2D eigenvalue weighted by molar-refractivity contribution is 7.54. The van der Waals surface area contributed by atoms with Crippen molar-refractivity contribution in [2.24, 2.45) is 28.6 Å². The largest absolute Gasteiger partial charge is 0.346 e. The Morgan fingerprint density at radius 1 is 0.966 bits per heavy atom. The first-order valence-electron chi connectivity index (χ1n) is 11.9. The molecule has 0 N–H and O–H groups in total. The zero-order valence-electron chi connectivity index (χ0n) is 17.9. The third kappa shape index (κ3) is 2.76. The van der Waals surface area contributed by atoms with Crippen molar-refractivity contribution in [1.82, 2.24) is 9.34 Å². The van der Waals surface area contributed by atoms with Gasteiger partial charge in [-0.1, -0.05) is 19.4 Å². The molecule has 2 heterocycles. The van der Waals surface area contributed by atoms with Gasteiger partial charge in [0, 0.05) is 32.6 Å². The van der Waals surface area contributed by atoms with Crippen LogP contribution in [0.5, 0.6) is 0 Å². The average molecular weight is 419 g/mol. The van der Waals surface area contributed by atoms with Crippen molar-refractivity contribution in [3.05, 3.63) is 11.6 Å². The standard InChI is InChI=1S/C23H35N2O3P/c1-22-9-7-17(26)15-16(22)3-4-18-19-5-6-21(23(19,2)10-8-20(18)22)28-29(27,24-11-12-24)25-13-14-25/h15,18-21H,3-14H2,1-2H3/t18-,19-,20+,21-,22-,23-/m0/s1. The summed E-state index contributed by atoms with van der Waals surface area (Å²) in [6.45, 7) is 8.60. The molecule has 3 saturated carbocycles. The summed E-state index contributed by atoms with van der Waals surface area (Å²) in [5.74, 6) is 2.46. The molecule has 4 aliphatic carbocycles. The van der Waals surface area contributed by atoms with Crippen LogP contribution < -0.4 is 0 Å². The van der Waals surface area contributed by atoms with Gasteiger partial charge in [0.1, 0.15) is 0 Å². The zero-order valence-corrected chi connectivity index (χ0v) is 18.8. The van der Waals surface area contributed by atoms with Gasteiger partial charge in [0.05, 0.1) is 6.10 Å². The molecule has 2 saturated heterocycles. The Labute approximate surface area is 174 Å². The predicted molar refractivity (Wildman–Crippen MR) is 112 cm³/mol. The number of ketones is 1. The lowest BCUT2D eigenvalue weighted by atomic mass is 9.47. The lowest BCUT2D eigenvalue weighted by Gasteiger charge is -2.58. The van der Waals surface area contributed by atoms with Crippen LogP contribution in [0.4, 0.5) is 0 Å². The molecule has 29 heavy (non-hydrogen) atoms. The number of allylic oxidation sites excluding steroid dienone is 1. The van der Waals surface area contributed by atoms with Crippen LogP contribution in [0.3, 0.4) is 0 Å². The summed E-state index contributed by atoms with van der Waals surface area (Å²) in [4.78, 5) is 12.0. The van der Waals surface area contributed by atoms with Crippen LogP contribution in [0.1, 0.15) is 65.2 Å². The highest BCUT2D eigenvalue weighted by atomic mass is 31.2. The highest BCUT2D eigenvalue weighted by Crippen LogP contribution is 2.69. The van der Waals surface area contributed by atoms with Crippen molar-refractivity contribution < 1.29 is 13.9 Å². The van der Waals surface area contributed by atoms with Crippen molar-refractivity contribution in [1.29, 1.82) is 0 Å². The van der Waals surface area contributed by atoms with Gasteiger partial charge in [0.2, 0.25) is 0 Å². The van der Waals surface area contributed by atoms with E-state index in [1.807, 2.05) is 6.08 Å². The molecule has 5 fully saturated rings. The highest BCUT2D eigenvalue weighted by Gasteiger charge is 2.61. The van der Waals surface area contributed by atoms with E-state index in [2.05, 4.69) is 23.2 Å². The third-order valence-corrected chi connectivity index (χ3v) is 12.5. The molecule has 5 nitrogen and oxygen atoms in total. The van der Waals surface area contributed by atoms with Gasteiger partial charge in [-0.25, -0.2) is 9.34 Å². The van der Waals surface area contributed by atoms with Crippen LogP contribution in [0.2, 0.25) is 0 Å². The maximum Gasteiger partial charge on any atom is 0.346 e. The van der Waals surface area contributed by atoms with Crippen molar-refractivity contribution in [3.63, 3.8) is 0 Å². The third-order valence-electron chi connectivity index (χ3n) is 9.70. The Morgan fingerprint density at radius 3 is 2.38 bits per heavy atom. The summed E-state index contributed by atoms with van der Waals surface area (Å²) >= 11 is 0. The van der Waals surface area contributed by atoms with E-state index in [0.29, 0.717) is 17.6 Å². The molecule has 2 aliphatic heterocycles. The number of rotatable bonds is 4. The SMILES string of the molecule is C[C@]12CC[C@@H]3[C@@H](CCC4=CC(=O)CC[C@@]43C)[C@@H]1CC[C@@H]2OP(=O)(N1CC1)N1CC1. The van der Waals surface area contributed by atoms with Gasteiger partial charge < -0.3 is 4.52 Å². The van der Waals surface area contributed by atoms with Crippen LogP contribution >= 0.6 is 7.67 Å². The minimum Gasteiger partial charge on any atom is -0.302 e. The summed E-state index contributed by atoms with van der Waals surface area (Å²) in [5, 5.41) is 0. The van der Waals surface area contributed by atoms with Gasteiger partial charge in [-0.3, -0.25) is 9.36 Å². The van der Waals surface area contributed by atoms with Crippen LogP contribution in [0.25, 0.3) is 0 Å². The topological polar surface area (TPSA) is 49.4 Å². The van der Waals surface area contributed by atoms with E-state index in [9.17, 15) is 9.36 Å². The van der Waals surface area contributed by atoms with Crippen LogP contribution in [0, 0.1) is 28.6 Å². The minimum absolute atomic E-state index is 0.137. The Kier molecular flexibility index (Phi) is 4.16. The molecule has 0 amide bonds. The second-order valence-corrected chi connectivity index (χ2v) is 13.4. The van der Waals surface area contributed by atoms with Gasteiger partial charge >= 0.3 is 7.67 Å². The fourth-order valence-electron chi connectivity index (χ4n) is 7.76. The van der Waals surface area contributed by atoms with E-state index in [0.717, 1.165) is 57.8 Å². The molecule has 0 aromatic rings. The lowest BCUT2D eigenvalue weighted by molar-refractivity contribution is -0.117. The first kappa shape index (κ1) is 19.2. The number of fused-ring (bicyclic) bond motifs is 5. The maximum atomic E-state index is 13.7. The van der Waals surface area contributed by atoms with Gasteiger partial charge in [-0.2, -0.15) is 0 Å². The first-order valence-corrected chi connectivity index (χ1v) is 13.4. The molecule has 0 radical (unpaired) electrons. The molecular formula is C23H35N2O3P. The van der Waals surface area contributed by atoms with Gasteiger partial charge in [-0.15, -0.1) is 0 Å². The maximum absolute atomic E-state index is 13.7. The van der Waals surface area contributed by atoms with Crippen LogP contribution in [-0.4, -0.2) is 47.4 Å². The number of hydrogen-bond donors (Lipinski definition) is 0. The molecule has 0 spiro atoms. The number of hydrogen-bond acceptors (Lipinski definition) is 3. The Hall–Kier alpha value is -0.480. The van der Waals surface area contributed by atoms with Crippen molar-refractivity contribution in [3.8, 4) is 0 Å². The number of carbonyl (C=O) groups excluding carboxylic acids is 1. The molecule has 0 unspecified atom stereocenters. The smallest absolute Gasteiger partial charge is 0.302 e. The molecule has 0 bridgehead atoms. The average Bonchev–Trinajstić information content (AvgIpc) is 3.59. The lowest BCUT2D eigenvalue weighted by Crippen LogP contribution is -2.51. The first-order chi connectivity index (χ1) is 13.8. The van der Waals surface area contributed by atoms with Crippen molar-refractivity contribution in [2.45, 2.75) is 71.3 Å². The number of carbonyl (C=O) groups is 1. The van der Waals surface area contributed by atoms with Gasteiger partial charge in [0.25, 0.3) is 0 Å².